The Hall–Kier alpha value is -4.24. The highest BCUT2D eigenvalue weighted by atomic mass is 35.5. The quantitative estimate of drug-likeness (QED) is 0.290. The Balaban J connectivity index is 1.50. The number of amides is 2. The monoisotopic (exact) mass is 547 g/mol. The van der Waals surface area contributed by atoms with E-state index in [1.807, 2.05) is 24.3 Å². The minimum Gasteiger partial charge on any atom is -0.389 e. The molecule has 0 fully saturated rings. The molecule has 0 radical (unpaired) electrons. The molecule has 2 amide bonds. The maximum absolute atomic E-state index is 13.1. The lowest BCUT2D eigenvalue weighted by Crippen LogP contribution is -2.49. The number of aryl methyl sites for hydroxylation is 1. The molecule has 4 rings (SSSR count). The summed E-state index contributed by atoms with van der Waals surface area (Å²) in [5.41, 5.74) is 1.79. The van der Waals surface area contributed by atoms with Gasteiger partial charge in [-0.05, 0) is 68.3 Å². The number of rotatable bonds is 9. The number of hydrogen-bond acceptors (Lipinski definition) is 7. The van der Waals surface area contributed by atoms with Crippen LogP contribution in [0.3, 0.4) is 0 Å². The molecule has 2 N–H and O–H groups in total. The Morgan fingerprint density at radius 1 is 1.10 bits per heavy atom. The lowest BCUT2D eigenvalue weighted by Gasteiger charge is -2.30. The summed E-state index contributed by atoms with van der Waals surface area (Å²) < 4.78 is 5.46. The second kappa shape index (κ2) is 11.7. The van der Waals surface area contributed by atoms with E-state index in [0.29, 0.717) is 41.2 Å². The van der Waals surface area contributed by atoms with Crippen LogP contribution in [0.25, 0.3) is 10.9 Å². The zero-order valence-corrected chi connectivity index (χ0v) is 23.0. The summed E-state index contributed by atoms with van der Waals surface area (Å²) in [7, 11) is 1.71. The standard InChI is InChI=1S/C29H30ClN5O4/c1-18-22(32-25(36)20-9-7-8-19(16-20)17-30)11-12-23-24(18)26(37)39-28(33-23)34-29(2,3)27(38)35(4)15-13-21-10-5-6-14-31-21/h5-12,14,16H,13,15,17H2,1-4H3,(H,32,36)(H,33,34). The van der Waals surface area contributed by atoms with Crippen LogP contribution < -0.4 is 16.3 Å². The first kappa shape index (κ1) is 27.8. The molecule has 9 nitrogen and oxygen atoms in total. The van der Waals surface area contributed by atoms with Crippen molar-refractivity contribution in [3.05, 3.63) is 93.6 Å². The fraction of sp³-hybridized carbons (Fsp3) is 0.276. The van der Waals surface area contributed by atoms with Gasteiger partial charge in [0, 0.05) is 49.0 Å². The minimum absolute atomic E-state index is 0.0712. The van der Waals surface area contributed by atoms with Gasteiger partial charge in [-0.15, -0.1) is 11.6 Å². The molecular weight excluding hydrogens is 518 g/mol. The summed E-state index contributed by atoms with van der Waals surface area (Å²) >= 11 is 5.88. The molecule has 0 bridgehead atoms. The number of fused-ring (bicyclic) bond motifs is 1. The summed E-state index contributed by atoms with van der Waals surface area (Å²) in [5, 5.41) is 6.04. The summed E-state index contributed by atoms with van der Waals surface area (Å²) in [6.45, 7) is 5.58. The van der Waals surface area contributed by atoms with E-state index < -0.39 is 11.2 Å². The number of hydrogen-bond donors (Lipinski definition) is 2. The van der Waals surface area contributed by atoms with Gasteiger partial charge in [-0.1, -0.05) is 18.2 Å². The van der Waals surface area contributed by atoms with Crippen molar-refractivity contribution in [2.45, 2.75) is 38.6 Å². The van der Waals surface area contributed by atoms with E-state index in [0.717, 1.165) is 11.3 Å². The number of nitrogens with one attached hydrogen (secondary N) is 2. The van der Waals surface area contributed by atoms with E-state index in [1.165, 1.54) is 0 Å². The SMILES string of the molecule is Cc1c(NC(=O)c2cccc(CCl)c2)ccc2nc(NC(C)(C)C(=O)N(C)CCc3ccccn3)oc(=O)c12. The van der Waals surface area contributed by atoms with Gasteiger partial charge in [0.15, 0.2) is 0 Å². The van der Waals surface area contributed by atoms with E-state index in [4.69, 9.17) is 16.0 Å². The van der Waals surface area contributed by atoms with Crippen molar-refractivity contribution in [1.82, 2.24) is 14.9 Å². The number of pyridine rings is 1. The average Bonchev–Trinajstić information content (AvgIpc) is 2.92. The third-order valence-electron chi connectivity index (χ3n) is 6.38. The second-order valence-electron chi connectivity index (χ2n) is 9.77. The van der Waals surface area contributed by atoms with E-state index in [1.54, 1.807) is 69.2 Å². The van der Waals surface area contributed by atoms with Crippen LogP contribution in [0, 0.1) is 6.92 Å². The van der Waals surface area contributed by atoms with Crippen molar-refractivity contribution in [1.29, 1.82) is 0 Å². The molecule has 0 spiro atoms. The first-order valence-electron chi connectivity index (χ1n) is 12.4. The smallest absolute Gasteiger partial charge is 0.348 e. The Morgan fingerprint density at radius 3 is 2.62 bits per heavy atom. The Kier molecular flexibility index (Phi) is 8.30. The van der Waals surface area contributed by atoms with Crippen molar-refractivity contribution in [2.24, 2.45) is 0 Å². The van der Waals surface area contributed by atoms with E-state index in [9.17, 15) is 14.4 Å². The van der Waals surface area contributed by atoms with Crippen molar-refractivity contribution in [3.8, 4) is 0 Å². The molecule has 4 aromatic rings. The van der Waals surface area contributed by atoms with Gasteiger partial charge < -0.3 is 20.0 Å². The van der Waals surface area contributed by atoms with Gasteiger partial charge in [0.1, 0.15) is 5.54 Å². The Labute approximate surface area is 231 Å². The van der Waals surface area contributed by atoms with Gasteiger partial charge in [0.05, 0.1) is 10.9 Å². The predicted molar refractivity (Wildman–Crippen MR) is 152 cm³/mol. The Bertz CT molecular complexity index is 1570. The normalized spacial score (nSPS) is 11.3. The van der Waals surface area contributed by atoms with Gasteiger partial charge >= 0.3 is 5.63 Å². The van der Waals surface area contributed by atoms with Crippen LogP contribution >= 0.6 is 11.6 Å². The summed E-state index contributed by atoms with van der Waals surface area (Å²) in [6, 6.07) is 15.9. The molecule has 0 aliphatic carbocycles. The molecule has 0 aliphatic heterocycles. The molecule has 0 saturated heterocycles. The van der Waals surface area contributed by atoms with E-state index in [-0.39, 0.29) is 23.2 Å². The number of nitrogens with zero attached hydrogens (tertiary/aromatic N) is 3. The van der Waals surface area contributed by atoms with Crippen LogP contribution in [0.5, 0.6) is 0 Å². The molecule has 2 aromatic carbocycles. The number of likely N-dealkylation sites (N-methyl/N-ethyl adjacent to an activating group) is 1. The number of halogens is 1. The molecule has 39 heavy (non-hydrogen) atoms. The molecule has 0 saturated carbocycles. The lowest BCUT2D eigenvalue weighted by atomic mass is 10.0. The topological polar surface area (TPSA) is 117 Å². The Morgan fingerprint density at radius 2 is 1.90 bits per heavy atom. The van der Waals surface area contributed by atoms with Crippen LogP contribution in [0.2, 0.25) is 0 Å². The van der Waals surface area contributed by atoms with Crippen molar-refractivity contribution in [3.63, 3.8) is 0 Å². The summed E-state index contributed by atoms with van der Waals surface area (Å²) in [4.78, 5) is 49.2. The zero-order chi connectivity index (χ0) is 28.2. The molecular formula is C29H30ClN5O4. The predicted octanol–water partition coefficient (Wildman–Crippen LogP) is 4.77. The lowest BCUT2D eigenvalue weighted by molar-refractivity contribution is -0.133. The van der Waals surface area contributed by atoms with Crippen LogP contribution in [0.1, 0.15) is 41.0 Å². The van der Waals surface area contributed by atoms with Gasteiger partial charge in [-0.3, -0.25) is 14.6 Å². The highest BCUT2D eigenvalue weighted by Gasteiger charge is 2.32. The van der Waals surface area contributed by atoms with Crippen LogP contribution in [-0.4, -0.2) is 45.8 Å². The number of carbonyl (C=O) groups is 2. The van der Waals surface area contributed by atoms with Gasteiger partial charge in [0.2, 0.25) is 5.91 Å². The van der Waals surface area contributed by atoms with E-state index >= 15 is 0 Å². The molecule has 2 aromatic heterocycles. The third-order valence-corrected chi connectivity index (χ3v) is 6.69. The number of alkyl halides is 1. The number of aromatic nitrogens is 2. The van der Waals surface area contributed by atoms with Gasteiger partial charge in [-0.2, -0.15) is 4.98 Å². The first-order chi connectivity index (χ1) is 18.6. The van der Waals surface area contributed by atoms with E-state index in [2.05, 4.69) is 20.6 Å². The van der Waals surface area contributed by atoms with Gasteiger partial charge in [0.25, 0.3) is 11.9 Å². The molecule has 202 valence electrons. The fourth-order valence-corrected chi connectivity index (χ4v) is 4.39. The molecule has 0 atom stereocenters. The average molecular weight is 548 g/mol. The number of benzene rings is 2. The maximum atomic E-state index is 13.1. The number of carbonyl (C=O) groups excluding carboxylic acids is 2. The fourth-order valence-electron chi connectivity index (χ4n) is 4.23. The molecule has 2 heterocycles. The second-order valence-corrected chi connectivity index (χ2v) is 10.0. The maximum Gasteiger partial charge on any atom is 0.348 e. The van der Waals surface area contributed by atoms with Crippen LogP contribution in [0.4, 0.5) is 11.7 Å². The highest BCUT2D eigenvalue weighted by Crippen LogP contribution is 2.25. The molecule has 10 heteroatoms. The van der Waals surface area contributed by atoms with Crippen LogP contribution in [-0.2, 0) is 17.1 Å². The summed E-state index contributed by atoms with van der Waals surface area (Å²) in [6.07, 6.45) is 2.33. The first-order valence-corrected chi connectivity index (χ1v) is 13.0. The molecule has 0 unspecified atom stereocenters. The summed E-state index contributed by atoms with van der Waals surface area (Å²) in [5.74, 6) is -0.230. The number of anilines is 2. The van der Waals surface area contributed by atoms with Gasteiger partial charge in [-0.25, -0.2) is 4.79 Å². The van der Waals surface area contributed by atoms with Crippen molar-refractivity contribution in [2.75, 3.05) is 24.2 Å². The van der Waals surface area contributed by atoms with Crippen molar-refractivity contribution < 1.29 is 14.0 Å². The van der Waals surface area contributed by atoms with Crippen LogP contribution in [0.15, 0.2) is 70.0 Å². The highest BCUT2D eigenvalue weighted by molar-refractivity contribution is 6.17. The molecule has 0 aliphatic rings. The third kappa shape index (κ3) is 6.43. The zero-order valence-electron chi connectivity index (χ0n) is 22.2. The van der Waals surface area contributed by atoms with Crippen molar-refractivity contribution >= 4 is 46.0 Å². The minimum atomic E-state index is -1.10. The largest absolute Gasteiger partial charge is 0.389 e.